The third kappa shape index (κ3) is 3.08. The number of anilines is 2. The maximum atomic E-state index is 13.1. The van der Waals surface area contributed by atoms with Crippen LogP contribution in [0.4, 0.5) is 20.2 Å². The maximum Gasteiger partial charge on any atom is 0.257 e. The average molecular weight is 294 g/mol. The van der Waals surface area contributed by atoms with Crippen LogP contribution in [-0.4, -0.2) is 12.2 Å². The molecule has 0 radical (unpaired) electrons. The van der Waals surface area contributed by atoms with Gasteiger partial charge in [0.25, 0.3) is 5.91 Å². The highest BCUT2D eigenvalue weighted by molar-refractivity contribution is 7.98. The molecule has 2 aromatic rings. The van der Waals surface area contributed by atoms with Crippen molar-refractivity contribution < 1.29 is 13.6 Å². The van der Waals surface area contributed by atoms with Gasteiger partial charge in [0.15, 0.2) is 11.6 Å². The lowest BCUT2D eigenvalue weighted by atomic mass is 10.1. The SMILES string of the molecule is CSc1ccc(NC(=O)c2cc(F)c(F)cc2N)cc1. The van der Waals surface area contributed by atoms with Gasteiger partial charge in [0.2, 0.25) is 0 Å². The topological polar surface area (TPSA) is 55.1 Å². The molecule has 0 fully saturated rings. The van der Waals surface area contributed by atoms with Crippen molar-refractivity contribution in [1.29, 1.82) is 0 Å². The molecule has 0 aliphatic heterocycles. The van der Waals surface area contributed by atoms with Crippen LogP contribution in [0.2, 0.25) is 0 Å². The van der Waals surface area contributed by atoms with E-state index in [0.717, 1.165) is 17.0 Å². The molecule has 3 nitrogen and oxygen atoms in total. The van der Waals surface area contributed by atoms with Crippen molar-refractivity contribution in [3.8, 4) is 0 Å². The minimum Gasteiger partial charge on any atom is -0.398 e. The van der Waals surface area contributed by atoms with Crippen molar-refractivity contribution in [1.82, 2.24) is 0 Å². The van der Waals surface area contributed by atoms with Gasteiger partial charge in [0.1, 0.15) is 0 Å². The van der Waals surface area contributed by atoms with Gasteiger partial charge in [-0.1, -0.05) is 0 Å². The van der Waals surface area contributed by atoms with Crippen LogP contribution in [0.15, 0.2) is 41.3 Å². The van der Waals surface area contributed by atoms with E-state index in [1.165, 1.54) is 0 Å². The van der Waals surface area contributed by atoms with Crippen LogP contribution in [0.25, 0.3) is 0 Å². The lowest BCUT2D eigenvalue weighted by Crippen LogP contribution is -2.14. The van der Waals surface area contributed by atoms with E-state index in [-0.39, 0.29) is 11.3 Å². The number of hydrogen-bond acceptors (Lipinski definition) is 3. The molecule has 1 amide bonds. The molecule has 6 heteroatoms. The van der Waals surface area contributed by atoms with Crippen molar-refractivity contribution in [2.75, 3.05) is 17.3 Å². The van der Waals surface area contributed by atoms with Crippen LogP contribution < -0.4 is 11.1 Å². The molecule has 0 aliphatic carbocycles. The Morgan fingerprint density at radius 3 is 2.35 bits per heavy atom. The Morgan fingerprint density at radius 1 is 1.15 bits per heavy atom. The number of nitrogen functional groups attached to an aromatic ring is 1. The standard InChI is InChI=1S/C14H12F2N2OS/c1-20-9-4-2-8(3-5-9)18-14(19)10-6-11(15)12(16)7-13(10)17/h2-7H,17H2,1H3,(H,18,19). The third-order valence-electron chi connectivity index (χ3n) is 2.68. The first-order chi connectivity index (χ1) is 9.51. The molecule has 0 saturated heterocycles. The largest absolute Gasteiger partial charge is 0.398 e. The minimum absolute atomic E-state index is 0.0992. The number of nitrogens with two attached hydrogens (primary N) is 1. The lowest BCUT2D eigenvalue weighted by Gasteiger charge is -2.08. The van der Waals surface area contributed by atoms with Gasteiger partial charge in [-0.3, -0.25) is 4.79 Å². The van der Waals surface area contributed by atoms with Gasteiger partial charge < -0.3 is 11.1 Å². The summed E-state index contributed by atoms with van der Waals surface area (Å²) in [5.41, 5.74) is 5.86. The number of carbonyl (C=O) groups is 1. The maximum absolute atomic E-state index is 13.1. The molecule has 0 atom stereocenters. The molecule has 0 heterocycles. The van der Waals surface area contributed by atoms with Gasteiger partial charge in [-0.25, -0.2) is 8.78 Å². The number of nitrogens with one attached hydrogen (secondary N) is 1. The van der Waals surface area contributed by atoms with Crippen LogP contribution in [0.1, 0.15) is 10.4 Å². The highest BCUT2D eigenvalue weighted by Gasteiger charge is 2.14. The molecule has 104 valence electrons. The van der Waals surface area contributed by atoms with E-state index >= 15 is 0 Å². The number of carbonyl (C=O) groups excluding carboxylic acids is 1. The molecule has 0 bridgehead atoms. The van der Waals surface area contributed by atoms with E-state index < -0.39 is 17.5 Å². The fourth-order valence-electron chi connectivity index (χ4n) is 1.63. The second-order valence-electron chi connectivity index (χ2n) is 4.04. The molecule has 20 heavy (non-hydrogen) atoms. The Bertz CT molecular complexity index is 644. The van der Waals surface area contributed by atoms with Crippen molar-refractivity contribution in [2.24, 2.45) is 0 Å². The highest BCUT2D eigenvalue weighted by atomic mass is 32.2. The van der Waals surface area contributed by atoms with Crippen molar-refractivity contribution in [3.63, 3.8) is 0 Å². The zero-order valence-corrected chi connectivity index (χ0v) is 11.4. The number of rotatable bonds is 3. The first kappa shape index (κ1) is 14.3. The molecule has 0 aromatic heterocycles. The summed E-state index contributed by atoms with van der Waals surface area (Å²) < 4.78 is 26.1. The van der Waals surface area contributed by atoms with Gasteiger partial charge in [0, 0.05) is 22.3 Å². The summed E-state index contributed by atoms with van der Waals surface area (Å²) in [4.78, 5) is 13.0. The fourth-order valence-corrected chi connectivity index (χ4v) is 2.04. The van der Waals surface area contributed by atoms with Crippen molar-refractivity contribution >= 4 is 29.0 Å². The normalized spacial score (nSPS) is 10.3. The Hall–Kier alpha value is -2.08. The molecular formula is C14H12F2N2OS. The van der Waals surface area contributed by atoms with E-state index in [4.69, 9.17) is 5.73 Å². The van der Waals surface area contributed by atoms with Crippen LogP contribution >= 0.6 is 11.8 Å². The molecule has 0 aliphatic rings. The molecule has 2 rings (SSSR count). The monoisotopic (exact) mass is 294 g/mol. The molecule has 3 N–H and O–H groups in total. The number of amides is 1. The fraction of sp³-hybridized carbons (Fsp3) is 0.0714. The highest BCUT2D eigenvalue weighted by Crippen LogP contribution is 2.20. The second kappa shape index (κ2) is 5.92. The summed E-state index contributed by atoms with van der Waals surface area (Å²) in [6.45, 7) is 0. The Balaban J connectivity index is 2.21. The lowest BCUT2D eigenvalue weighted by molar-refractivity contribution is 0.102. The summed E-state index contributed by atoms with van der Waals surface area (Å²) in [5, 5.41) is 2.58. The van der Waals surface area contributed by atoms with Crippen LogP contribution in [-0.2, 0) is 0 Å². The minimum atomic E-state index is -1.11. The summed E-state index contributed by atoms with van der Waals surface area (Å²) in [5.74, 6) is -2.77. The predicted octanol–water partition coefficient (Wildman–Crippen LogP) is 3.52. The van der Waals surface area contributed by atoms with Crippen LogP contribution in [0, 0.1) is 11.6 Å². The van der Waals surface area contributed by atoms with Crippen molar-refractivity contribution in [3.05, 3.63) is 53.6 Å². The summed E-state index contributed by atoms with van der Waals surface area (Å²) in [7, 11) is 0. The molecule has 2 aromatic carbocycles. The van der Waals surface area contributed by atoms with Crippen LogP contribution in [0.3, 0.4) is 0 Å². The Morgan fingerprint density at radius 2 is 1.75 bits per heavy atom. The zero-order chi connectivity index (χ0) is 14.7. The van der Waals surface area contributed by atoms with E-state index in [9.17, 15) is 13.6 Å². The molecule has 0 saturated carbocycles. The van der Waals surface area contributed by atoms with Gasteiger partial charge in [0.05, 0.1) is 5.56 Å². The first-order valence-corrected chi connectivity index (χ1v) is 6.93. The smallest absolute Gasteiger partial charge is 0.257 e. The third-order valence-corrected chi connectivity index (χ3v) is 3.43. The number of benzene rings is 2. The van der Waals surface area contributed by atoms with Gasteiger partial charge in [-0.05, 0) is 36.6 Å². The number of halogens is 2. The summed E-state index contributed by atoms with van der Waals surface area (Å²) in [6, 6.07) is 8.71. The van der Waals surface area contributed by atoms with Gasteiger partial charge >= 0.3 is 0 Å². The molecule has 0 spiro atoms. The van der Waals surface area contributed by atoms with Crippen LogP contribution in [0.5, 0.6) is 0 Å². The average Bonchev–Trinajstić information content (AvgIpc) is 2.43. The van der Waals surface area contributed by atoms with Crippen molar-refractivity contribution in [2.45, 2.75) is 4.90 Å². The van der Waals surface area contributed by atoms with E-state index in [1.807, 2.05) is 18.4 Å². The Labute approximate surface area is 119 Å². The molecular weight excluding hydrogens is 282 g/mol. The van der Waals surface area contributed by atoms with Gasteiger partial charge in [-0.15, -0.1) is 11.8 Å². The second-order valence-corrected chi connectivity index (χ2v) is 4.92. The number of hydrogen-bond donors (Lipinski definition) is 2. The first-order valence-electron chi connectivity index (χ1n) is 5.71. The zero-order valence-electron chi connectivity index (χ0n) is 10.6. The van der Waals surface area contributed by atoms with Gasteiger partial charge in [-0.2, -0.15) is 0 Å². The summed E-state index contributed by atoms with van der Waals surface area (Å²) >= 11 is 1.57. The van der Waals surface area contributed by atoms with E-state index in [0.29, 0.717) is 5.69 Å². The molecule has 0 unspecified atom stereocenters. The predicted molar refractivity (Wildman–Crippen MR) is 76.9 cm³/mol. The quantitative estimate of drug-likeness (QED) is 0.672. The van der Waals surface area contributed by atoms with E-state index in [1.54, 1.807) is 23.9 Å². The summed E-state index contributed by atoms with van der Waals surface area (Å²) in [6.07, 6.45) is 1.94. The number of thioether (sulfide) groups is 1. The van der Waals surface area contributed by atoms with E-state index in [2.05, 4.69) is 5.32 Å². The Kier molecular flexibility index (Phi) is 4.24.